The molecular weight excluding hydrogens is 263 g/mol. The van der Waals surface area contributed by atoms with Crippen molar-refractivity contribution in [3.63, 3.8) is 0 Å². The van der Waals surface area contributed by atoms with Gasteiger partial charge in [0.05, 0.1) is 0 Å². The standard InChI is InChI=1S/C15H23FN2.ClH/c1-15(2,3)14(18-10-8-17-9-11-18)12-4-6-13(16)7-5-12;/h4-7,14,17H,8-11H2,1-3H3;1H/t14-;/m1./s1. The Morgan fingerprint density at radius 1 is 1.11 bits per heavy atom. The lowest BCUT2D eigenvalue weighted by molar-refractivity contribution is 0.0862. The van der Waals surface area contributed by atoms with Gasteiger partial charge in [-0.25, -0.2) is 4.39 Å². The summed E-state index contributed by atoms with van der Waals surface area (Å²) in [4.78, 5) is 2.50. The van der Waals surface area contributed by atoms with E-state index in [9.17, 15) is 4.39 Å². The minimum absolute atomic E-state index is 0. The molecule has 2 rings (SSSR count). The molecule has 1 heterocycles. The molecule has 0 spiro atoms. The van der Waals surface area contributed by atoms with E-state index in [-0.39, 0.29) is 23.6 Å². The number of rotatable bonds is 2. The summed E-state index contributed by atoms with van der Waals surface area (Å²) in [6.45, 7) is 10.9. The SMILES string of the molecule is CC(C)(C)[C@@H](c1ccc(F)cc1)N1CCNCC1.Cl. The Hall–Kier alpha value is -0.640. The lowest BCUT2D eigenvalue weighted by Gasteiger charge is -2.42. The molecule has 0 saturated carbocycles. The van der Waals surface area contributed by atoms with E-state index in [4.69, 9.17) is 0 Å². The number of benzene rings is 1. The molecule has 0 aliphatic carbocycles. The van der Waals surface area contributed by atoms with E-state index in [1.54, 1.807) is 12.1 Å². The first-order valence-corrected chi connectivity index (χ1v) is 6.69. The van der Waals surface area contributed by atoms with Crippen LogP contribution in [-0.4, -0.2) is 31.1 Å². The third kappa shape index (κ3) is 4.16. The number of halogens is 2. The second kappa shape index (κ2) is 6.69. The molecule has 1 aromatic carbocycles. The summed E-state index contributed by atoms with van der Waals surface area (Å²) in [6.07, 6.45) is 0. The van der Waals surface area contributed by atoms with Gasteiger partial charge in [0.25, 0.3) is 0 Å². The van der Waals surface area contributed by atoms with Crippen LogP contribution in [0.1, 0.15) is 32.4 Å². The van der Waals surface area contributed by atoms with E-state index >= 15 is 0 Å². The van der Waals surface area contributed by atoms with Crippen molar-refractivity contribution in [3.8, 4) is 0 Å². The number of piperazine rings is 1. The van der Waals surface area contributed by atoms with E-state index in [0.29, 0.717) is 6.04 Å². The normalized spacial score (nSPS) is 18.7. The molecular formula is C15H24ClFN2. The van der Waals surface area contributed by atoms with Crippen molar-refractivity contribution >= 4 is 12.4 Å². The zero-order valence-electron chi connectivity index (χ0n) is 11.9. The summed E-state index contributed by atoms with van der Waals surface area (Å²) in [7, 11) is 0. The minimum Gasteiger partial charge on any atom is -0.314 e. The summed E-state index contributed by atoms with van der Waals surface area (Å²) in [6, 6.07) is 7.33. The van der Waals surface area contributed by atoms with Gasteiger partial charge in [-0.05, 0) is 23.1 Å². The van der Waals surface area contributed by atoms with Crippen molar-refractivity contribution in [3.05, 3.63) is 35.6 Å². The molecule has 1 atom stereocenters. The van der Waals surface area contributed by atoms with Crippen LogP contribution < -0.4 is 5.32 Å². The third-order valence-electron chi connectivity index (χ3n) is 3.52. The van der Waals surface area contributed by atoms with Crippen LogP contribution >= 0.6 is 12.4 Å². The minimum atomic E-state index is -0.160. The lowest BCUT2D eigenvalue weighted by atomic mass is 9.81. The van der Waals surface area contributed by atoms with Crippen LogP contribution in [0.5, 0.6) is 0 Å². The first kappa shape index (κ1) is 16.4. The highest BCUT2D eigenvalue weighted by Crippen LogP contribution is 2.38. The first-order valence-electron chi connectivity index (χ1n) is 6.69. The number of nitrogens with zero attached hydrogens (tertiary/aromatic N) is 1. The molecule has 0 amide bonds. The van der Waals surface area contributed by atoms with Gasteiger partial charge in [-0.15, -0.1) is 12.4 Å². The predicted octanol–water partition coefficient (Wildman–Crippen LogP) is 3.24. The number of nitrogens with one attached hydrogen (secondary N) is 1. The van der Waals surface area contributed by atoms with Crippen molar-refractivity contribution in [2.24, 2.45) is 5.41 Å². The van der Waals surface area contributed by atoms with Crippen molar-refractivity contribution in [1.82, 2.24) is 10.2 Å². The van der Waals surface area contributed by atoms with E-state index in [2.05, 4.69) is 31.0 Å². The fourth-order valence-corrected chi connectivity index (χ4v) is 2.84. The van der Waals surface area contributed by atoms with Gasteiger partial charge in [0.15, 0.2) is 0 Å². The Bertz CT molecular complexity index is 380. The lowest BCUT2D eigenvalue weighted by Crippen LogP contribution is -2.48. The Kier molecular flexibility index (Phi) is 5.78. The molecule has 108 valence electrons. The monoisotopic (exact) mass is 286 g/mol. The van der Waals surface area contributed by atoms with Crippen molar-refractivity contribution in [2.75, 3.05) is 26.2 Å². The average Bonchev–Trinajstić information content (AvgIpc) is 2.32. The highest BCUT2D eigenvalue weighted by Gasteiger charge is 2.32. The smallest absolute Gasteiger partial charge is 0.123 e. The van der Waals surface area contributed by atoms with Crippen LogP contribution in [0.3, 0.4) is 0 Å². The Labute approximate surface area is 121 Å². The number of hydrogen-bond donors (Lipinski definition) is 1. The summed E-state index contributed by atoms with van der Waals surface area (Å²) < 4.78 is 13.1. The van der Waals surface area contributed by atoms with Gasteiger partial charge in [-0.1, -0.05) is 32.9 Å². The molecule has 0 radical (unpaired) electrons. The van der Waals surface area contributed by atoms with Crippen LogP contribution in [0.4, 0.5) is 4.39 Å². The molecule has 1 aromatic rings. The van der Waals surface area contributed by atoms with Gasteiger partial charge < -0.3 is 5.32 Å². The summed E-state index contributed by atoms with van der Waals surface area (Å²) in [5, 5.41) is 3.38. The predicted molar refractivity (Wildman–Crippen MR) is 80.3 cm³/mol. The van der Waals surface area contributed by atoms with Crippen LogP contribution in [0.25, 0.3) is 0 Å². The van der Waals surface area contributed by atoms with E-state index < -0.39 is 0 Å². The van der Waals surface area contributed by atoms with E-state index in [0.717, 1.165) is 26.2 Å². The highest BCUT2D eigenvalue weighted by atomic mass is 35.5. The van der Waals surface area contributed by atoms with E-state index in [1.165, 1.54) is 5.56 Å². The van der Waals surface area contributed by atoms with Crippen molar-refractivity contribution in [1.29, 1.82) is 0 Å². The second-order valence-electron chi connectivity index (χ2n) is 6.11. The molecule has 1 fully saturated rings. The largest absolute Gasteiger partial charge is 0.314 e. The van der Waals surface area contributed by atoms with Crippen LogP contribution in [-0.2, 0) is 0 Å². The molecule has 1 N–H and O–H groups in total. The van der Waals surface area contributed by atoms with Crippen molar-refractivity contribution in [2.45, 2.75) is 26.8 Å². The van der Waals surface area contributed by atoms with Gasteiger partial charge in [0.1, 0.15) is 5.82 Å². The van der Waals surface area contributed by atoms with Crippen LogP contribution in [0.15, 0.2) is 24.3 Å². The van der Waals surface area contributed by atoms with Crippen LogP contribution in [0.2, 0.25) is 0 Å². The van der Waals surface area contributed by atoms with Gasteiger partial charge in [-0.2, -0.15) is 0 Å². The maximum absolute atomic E-state index is 13.1. The molecule has 1 saturated heterocycles. The molecule has 0 bridgehead atoms. The molecule has 2 nitrogen and oxygen atoms in total. The second-order valence-corrected chi connectivity index (χ2v) is 6.11. The van der Waals surface area contributed by atoms with Gasteiger partial charge >= 0.3 is 0 Å². The fourth-order valence-electron chi connectivity index (χ4n) is 2.84. The molecule has 0 aromatic heterocycles. The third-order valence-corrected chi connectivity index (χ3v) is 3.52. The molecule has 19 heavy (non-hydrogen) atoms. The summed E-state index contributed by atoms with van der Waals surface area (Å²) in [5.41, 5.74) is 1.36. The molecule has 4 heteroatoms. The number of hydrogen-bond acceptors (Lipinski definition) is 2. The average molecular weight is 287 g/mol. The zero-order chi connectivity index (χ0) is 13.2. The highest BCUT2D eigenvalue weighted by molar-refractivity contribution is 5.85. The van der Waals surface area contributed by atoms with Gasteiger partial charge in [-0.3, -0.25) is 4.90 Å². The quantitative estimate of drug-likeness (QED) is 0.898. The molecule has 1 aliphatic rings. The van der Waals surface area contributed by atoms with Crippen LogP contribution in [0, 0.1) is 11.2 Å². The first-order chi connectivity index (χ1) is 8.48. The Morgan fingerprint density at radius 3 is 2.11 bits per heavy atom. The Balaban J connectivity index is 0.00000180. The van der Waals surface area contributed by atoms with Crippen molar-refractivity contribution < 1.29 is 4.39 Å². The maximum Gasteiger partial charge on any atom is 0.123 e. The summed E-state index contributed by atoms with van der Waals surface area (Å²) in [5.74, 6) is -0.160. The topological polar surface area (TPSA) is 15.3 Å². The maximum atomic E-state index is 13.1. The Morgan fingerprint density at radius 2 is 1.63 bits per heavy atom. The summed E-state index contributed by atoms with van der Waals surface area (Å²) >= 11 is 0. The molecule has 0 unspecified atom stereocenters. The van der Waals surface area contributed by atoms with Gasteiger partial charge in [0, 0.05) is 32.2 Å². The molecule has 1 aliphatic heterocycles. The zero-order valence-corrected chi connectivity index (χ0v) is 12.8. The fraction of sp³-hybridized carbons (Fsp3) is 0.600. The van der Waals surface area contributed by atoms with Gasteiger partial charge in [0.2, 0.25) is 0 Å². The van der Waals surface area contributed by atoms with E-state index in [1.807, 2.05) is 12.1 Å².